The maximum Gasteiger partial charge on any atom is 0.338 e. The van der Waals surface area contributed by atoms with E-state index in [4.69, 9.17) is 9.84 Å². The Balaban J connectivity index is 1.46. The number of carboxylic acids is 1. The summed E-state index contributed by atoms with van der Waals surface area (Å²) in [4.78, 5) is 31.0. The number of aromatic nitrogens is 6. The second kappa shape index (κ2) is 7.59. The van der Waals surface area contributed by atoms with Crippen LogP contribution < -0.4 is 10.3 Å². The number of rotatable bonds is 6. The zero-order valence-electron chi connectivity index (χ0n) is 17.9. The molecular formula is C23H20N6O4. The van der Waals surface area contributed by atoms with E-state index in [1.165, 1.54) is 23.3 Å². The fourth-order valence-electron chi connectivity index (χ4n) is 3.75. The smallest absolute Gasteiger partial charge is 0.338 e. The molecule has 0 unspecified atom stereocenters. The predicted octanol–water partition coefficient (Wildman–Crippen LogP) is 3.01. The van der Waals surface area contributed by atoms with Gasteiger partial charge in [0.1, 0.15) is 16.9 Å². The highest BCUT2D eigenvalue weighted by Crippen LogP contribution is 2.29. The number of hydrogen-bond acceptors (Lipinski definition) is 6. The number of carbonyl (C=O) groups is 1. The van der Waals surface area contributed by atoms with Gasteiger partial charge in [-0.25, -0.2) is 14.5 Å². The zero-order valence-corrected chi connectivity index (χ0v) is 17.9. The maximum absolute atomic E-state index is 12.9. The monoisotopic (exact) mass is 444 g/mol. The molecule has 2 N–H and O–H groups in total. The third-order valence-corrected chi connectivity index (χ3v) is 5.20. The average Bonchev–Trinajstić information content (AvgIpc) is 3.41. The summed E-state index contributed by atoms with van der Waals surface area (Å²) >= 11 is 0. The van der Waals surface area contributed by atoms with Gasteiger partial charge < -0.3 is 9.84 Å². The Morgan fingerprint density at radius 1 is 1.12 bits per heavy atom. The summed E-state index contributed by atoms with van der Waals surface area (Å²) in [5.41, 5.74) is -0.463. The molecule has 0 amide bonds. The Morgan fingerprint density at radius 2 is 1.91 bits per heavy atom. The summed E-state index contributed by atoms with van der Waals surface area (Å²) in [6.07, 6.45) is 3.95. The van der Waals surface area contributed by atoms with E-state index >= 15 is 0 Å². The lowest BCUT2D eigenvalue weighted by Crippen LogP contribution is -2.35. The number of aromatic amines is 1. The van der Waals surface area contributed by atoms with Crippen molar-refractivity contribution in [2.45, 2.75) is 26.0 Å². The van der Waals surface area contributed by atoms with Crippen LogP contribution in [-0.4, -0.2) is 46.2 Å². The van der Waals surface area contributed by atoms with Crippen molar-refractivity contribution in [3.63, 3.8) is 0 Å². The molecule has 0 aliphatic rings. The third kappa shape index (κ3) is 3.82. The van der Waals surface area contributed by atoms with Gasteiger partial charge in [0.2, 0.25) is 5.95 Å². The third-order valence-electron chi connectivity index (χ3n) is 5.20. The molecule has 0 fully saturated rings. The minimum atomic E-state index is -1.12. The zero-order chi connectivity index (χ0) is 23.2. The van der Waals surface area contributed by atoms with Gasteiger partial charge in [0.15, 0.2) is 5.52 Å². The number of carboxylic acid groups (broad SMARTS) is 1. The van der Waals surface area contributed by atoms with E-state index in [-0.39, 0.29) is 11.5 Å². The average molecular weight is 444 g/mol. The van der Waals surface area contributed by atoms with Gasteiger partial charge in [-0.1, -0.05) is 36.4 Å². The minimum Gasteiger partial charge on any atom is -0.485 e. The highest BCUT2D eigenvalue weighted by Gasteiger charge is 2.24. The van der Waals surface area contributed by atoms with Crippen molar-refractivity contribution in [2.24, 2.45) is 0 Å². The van der Waals surface area contributed by atoms with Gasteiger partial charge in [0.05, 0.1) is 24.5 Å². The van der Waals surface area contributed by atoms with Crippen LogP contribution in [0, 0.1) is 0 Å². The van der Waals surface area contributed by atoms with Gasteiger partial charge in [-0.3, -0.25) is 14.5 Å². The topological polar surface area (TPSA) is 128 Å². The van der Waals surface area contributed by atoms with E-state index in [0.29, 0.717) is 17.6 Å². The van der Waals surface area contributed by atoms with Crippen molar-refractivity contribution >= 4 is 27.8 Å². The number of nitrogens with zero attached hydrogens (tertiary/aromatic N) is 5. The molecule has 0 aliphatic carbocycles. The minimum absolute atomic E-state index is 0.0132. The van der Waals surface area contributed by atoms with Crippen molar-refractivity contribution in [1.29, 1.82) is 0 Å². The Kier molecular flexibility index (Phi) is 4.70. The van der Waals surface area contributed by atoms with E-state index in [1.807, 2.05) is 56.3 Å². The summed E-state index contributed by atoms with van der Waals surface area (Å²) in [5, 5.41) is 19.4. The lowest BCUT2D eigenvalue weighted by atomic mass is 10.1. The molecule has 2 aromatic carbocycles. The number of ether oxygens (including phenoxy) is 1. The van der Waals surface area contributed by atoms with Crippen molar-refractivity contribution < 1.29 is 14.6 Å². The van der Waals surface area contributed by atoms with Crippen LogP contribution in [0.2, 0.25) is 0 Å². The Morgan fingerprint density at radius 3 is 2.70 bits per heavy atom. The molecule has 3 heterocycles. The van der Waals surface area contributed by atoms with Crippen molar-refractivity contribution in [1.82, 2.24) is 29.5 Å². The van der Waals surface area contributed by atoms with Gasteiger partial charge >= 0.3 is 5.97 Å². The van der Waals surface area contributed by atoms with Crippen LogP contribution in [0.15, 0.2) is 65.8 Å². The van der Waals surface area contributed by atoms with Crippen LogP contribution in [0.4, 0.5) is 0 Å². The lowest BCUT2D eigenvalue weighted by molar-refractivity contribution is 0.0696. The molecule has 10 heteroatoms. The number of nitrogens with one attached hydrogen (secondary N) is 1. The van der Waals surface area contributed by atoms with E-state index < -0.39 is 17.1 Å². The first-order chi connectivity index (χ1) is 15.8. The van der Waals surface area contributed by atoms with E-state index in [2.05, 4.69) is 20.2 Å². The van der Waals surface area contributed by atoms with Gasteiger partial charge in [-0.2, -0.15) is 10.2 Å². The number of H-pyrrole nitrogens is 1. The fraction of sp³-hybridized carbons (Fsp3) is 0.174. The van der Waals surface area contributed by atoms with Crippen LogP contribution >= 0.6 is 0 Å². The Hall–Kier alpha value is -4.47. The molecule has 0 atom stereocenters. The SMILES string of the molecule is CC(C)(Cn1ncc2nc(-n3cc(C(=O)O)cn3)[nH]c(=O)c21)Oc1cccc2ccccc12. The van der Waals surface area contributed by atoms with Crippen molar-refractivity contribution in [3.8, 4) is 11.7 Å². The molecule has 0 bridgehead atoms. The van der Waals surface area contributed by atoms with E-state index in [0.717, 1.165) is 16.5 Å². The highest BCUT2D eigenvalue weighted by molar-refractivity contribution is 5.88. The first-order valence-electron chi connectivity index (χ1n) is 10.2. The molecule has 0 aliphatic heterocycles. The molecule has 5 aromatic rings. The van der Waals surface area contributed by atoms with Crippen molar-refractivity contribution in [3.05, 3.63) is 77.0 Å². The maximum atomic E-state index is 12.9. The Bertz CT molecular complexity index is 1560. The van der Waals surface area contributed by atoms with Crippen LogP contribution in [0.3, 0.4) is 0 Å². The first kappa shape index (κ1) is 20.4. The summed E-state index contributed by atoms with van der Waals surface area (Å²) in [6.45, 7) is 4.15. The van der Waals surface area contributed by atoms with Gasteiger partial charge in [-0.05, 0) is 25.3 Å². The summed E-state index contributed by atoms with van der Waals surface area (Å²) in [6, 6.07) is 13.9. The summed E-state index contributed by atoms with van der Waals surface area (Å²) in [5.74, 6) is -0.270. The van der Waals surface area contributed by atoms with Crippen LogP contribution in [0.5, 0.6) is 5.75 Å². The van der Waals surface area contributed by atoms with Crippen LogP contribution in [-0.2, 0) is 6.54 Å². The van der Waals surface area contributed by atoms with Crippen LogP contribution in [0.1, 0.15) is 24.2 Å². The van der Waals surface area contributed by atoms with Gasteiger partial charge in [0.25, 0.3) is 5.56 Å². The van der Waals surface area contributed by atoms with Gasteiger partial charge in [0, 0.05) is 11.6 Å². The van der Waals surface area contributed by atoms with Gasteiger partial charge in [-0.15, -0.1) is 0 Å². The summed E-state index contributed by atoms with van der Waals surface area (Å²) < 4.78 is 9.09. The Labute approximate surface area is 187 Å². The number of benzene rings is 2. The molecule has 0 spiro atoms. The van der Waals surface area contributed by atoms with Crippen LogP contribution in [0.25, 0.3) is 27.8 Å². The van der Waals surface area contributed by atoms with Crippen molar-refractivity contribution in [2.75, 3.05) is 0 Å². The number of aromatic carboxylic acids is 1. The molecule has 3 aromatic heterocycles. The molecule has 0 saturated carbocycles. The molecular weight excluding hydrogens is 424 g/mol. The molecule has 33 heavy (non-hydrogen) atoms. The quantitative estimate of drug-likeness (QED) is 0.412. The molecule has 0 radical (unpaired) electrons. The summed E-state index contributed by atoms with van der Waals surface area (Å²) in [7, 11) is 0. The standard InChI is InChI=1S/C23H20N6O4/c1-23(2,33-18-9-5-7-14-6-3-4-8-16(14)18)13-29-19-17(11-25-29)26-22(27-20(19)30)28-12-15(10-24-28)21(31)32/h3-12H,13H2,1-2H3,(H,31,32)(H,26,27,30). The molecule has 10 nitrogen and oxygen atoms in total. The lowest BCUT2D eigenvalue weighted by Gasteiger charge is -2.27. The largest absolute Gasteiger partial charge is 0.485 e. The van der Waals surface area contributed by atoms with E-state index in [9.17, 15) is 9.59 Å². The van der Waals surface area contributed by atoms with E-state index in [1.54, 1.807) is 4.68 Å². The normalized spacial score (nSPS) is 11.8. The highest BCUT2D eigenvalue weighted by atomic mass is 16.5. The molecule has 5 rings (SSSR count). The second-order valence-corrected chi connectivity index (χ2v) is 8.24. The molecule has 0 saturated heterocycles. The number of hydrogen-bond donors (Lipinski definition) is 2. The molecule has 166 valence electrons. The fourth-order valence-corrected chi connectivity index (χ4v) is 3.75. The second-order valence-electron chi connectivity index (χ2n) is 8.24. The number of fused-ring (bicyclic) bond motifs is 2. The predicted molar refractivity (Wildman–Crippen MR) is 121 cm³/mol. The first-order valence-corrected chi connectivity index (χ1v) is 10.2.